The van der Waals surface area contributed by atoms with Gasteiger partial charge < -0.3 is 0 Å². The van der Waals surface area contributed by atoms with Gasteiger partial charge in [0.1, 0.15) is 0 Å². The normalized spacial score (nSPS) is 31.6. The van der Waals surface area contributed by atoms with Crippen LogP contribution in [-0.2, 0) is 11.2 Å². The SMILES string of the molecule is CC1CCCC(C(=O)CC2Cc3ccccc32)(N(C)C)C1. The minimum Gasteiger partial charge on any atom is -0.298 e. The molecule has 0 spiro atoms. The lowest BCUT2D eigenvalue weighted by molar-refractivity contribution is -0.133. The average molecular weight is 285 g/mol. The summed E-state index contributed by atoms with van der Waals surface area (Å²) < 4.78 is 0. The highest BCUT2D eigenvalue weighted by Gasteiger charge is 2.44. The zero-order chi connectivity index (χ0) is 15.0. The molecule has 0 radical (unpaired) electrons. The molecule has 1 aromatic carbocycles. The lowest BCUT2D eigenvalue weighted by Gasteiger charge is -2.45. The molecule has 21 heavy (non-hydrogen) atoms. The number of Topliss-reactive ketones (excluding diaryl/α,β-unsaturated/α-hetero) is 1. The summed E-state index contributed by atoms with van der Waals surface area (Å²) in [6.45, 7) is 2.29. The number of carbonyl (C=O) groups is 1. The number of likely N-dealkylation sites (N-methyl/N-ethyl adjacent to an activating group) is 1. The predicted octanol–water partition coefficient (Wildman–Crippen LogP) is 3.80. The van der Waals surface area contributed by atoms with Crippen LogP contribution in [0.25, 0.3) is 0 Å². The Bertz CT molecular complexity index is 536. The summed E-state index contributed by atoms with van der Waals surface area (Å²) in [5.74, 6) is 1.60. The van der Waals surface area contributed by atoms with Gasteiger partial charge >= 0.3 is 0 Å². The van der Waals surface area contributed by atoms with E-state index in [0.717, 1.165) is 25.7 Å². The fourth-order valence-electron chi connectivity index (χ4n) is 4.39. The molecule has 114 valence electrons. The van der Waals surface area contributed by atoms with E-state index in [-0.39, 0.29) is 5.54 Å². The number of ketones is 1. The van der Waals surface area contributed by atoms with Crippen LogP contribution in [0.2, 0.25) is 0 Å². The Kier molecular flexibility index (Phi) is 3.92. The van der Waals surface area contributed by atoms with E-state index in [0.29, 0.717) is 17.6 Å². The molecule has 0 N–H and O–H groups in total. The number of fused-ring (bicyclic) bond motifs is 1. The second kappa shape index (κ2) is 5.57. The van der Waals surface area contributed by atoms with Crippen LogP contribution < -0.4 is 0 Å². The van der Waals surface area contributed by atoms with E-state index >= 15 is 0 Å². The molecule has 2 aliphatic carbocycles. The molecule has 3 atom stereocenters. The molecule has 1 fully saturated rings. The first-order chi connectivity index (χ1) is 10.0. The van der Waals surface area contributed by atoms with Gasteiger partial charge in [0.25, 0.3) is 0 Å². The van der Waals surface area contributed by atoms with E-state index < -0.39 is 0 Å². The van der Waals surface area contributed by atoms with Gasteiger partial charge in [-0.25, -0.2) is 0 Å². The van der Waals surface area contributed by atoms with Crippen LogP contribution in [0.1, 0.15) is 56.1 Å². The minimum absolute atomic E-state index is 0.206. The monoisotopic (exact) mass is 285 g/mol. The van der Waals surface area contributed by atoms with Crippen LogP contribution >= 0.6 is 0 Å². The molecule has 3 rings (SSSR count). The lowest BCUT2D eigenvalue weighted by atomic mass is 9.68. The third-order valence-electron chi connectivity index (χ3n) is 5.74. The van der Waals surface area contributed by atoms with Crippen molar-refractivity contribution in [1.82, 2.24) is 4.90 Å². The van der Waals surface area contributed by atoms with Crippen LogP contribution in [0.3, 0.4) is 0 Å². The summed E-state index contributed by atoms with van der Waals surface area (Å²) >= 11 is 0. The van der Waals surface area contributed by atoms with Gasteiger partial charge in [-0.05, 0) is 56.3 Å². The highest BCUT2D eigenvalue weighted by Crippen LogP contribution is 2.42. The van der Waals surface area contributed by atoms with E-state index in [1.54, 1.807) is 0 Å². The Labute approximate surface area is 128 Å². The van der Waals surface area contributed by atoms with Crippen molar-refractivity contribution < 1.29 is 4.79 Å². The second-order valence-corrected chi connectivity index (χ2v) is 7.35. The largest absolute Gasteiger partial charge is 0.298 e. The Morgan fingerprint density at radius 2 is 2.10 bits per heavy atom. The molecule has 0 bridgehead atoms. The summed E-state index contributed by atoms with van der Waals surface area (Å²) in [4.78, 5) is 15.3. The van der Waals surface area contributed by atoms with Crippen molar-refractivity contribution in [2.24, 2.45) is 5.92 Å². The minimum atomic E-state index is -0.206. The Hall–Kier alpha value is -1.15. The third-order valence-corrected chi connectivity index (χ3v) is 5.74. The molecule has 2 nitrogen and oxygen atoms in total. The second-order valence-electron chi connectivity index (χ2n) is 7.35. The zero-order valence-corrected chi connectivity index (χ0v) is 13.6. The van der Waals surface area contributed by atoms with Crippen molar-refractivity contribution in [3.05, 3.63) is 35.4 Å². The van der Waals surface area contributed by atoms with Crippen LogP contribution in [-0.4, -0.2) is 30.3 Å². The fraction of sp³-hybridized carbons (Fsp3) is 0.632. The first kappa shape index (κ1) is 14.8. The summed E-state index contributed by atoms with van der Waals surface area (Å²) in [6.07, 6.45) is 6.34. The lowest BCUT2D eigenvalue weighted by Crippen LogP contribution is -2.54. The molecule has 0 aliphatic heterocycles. The fourth-order valence-corrected chi connectivity index (χ4v) is 4.39. The Morgan fingerprint density at radius 1 is 1.33 bits per heavy atom. The van der Waals surface area contributed by atoms with Crippen LogP contribution in [0, 0.1) is 5.92 Å². The van der Waals surface area contributed by atoms with E-state index in [9.17, 15) is 4.79 Å². The molecule has 0 aromatic heterocycles. The number of benzene rings is 1. The quantitative estimate of drug-likeness (QED) is 0.838. The van der Waals surface area contributed by atoms with Crippen LogP contribution in [0.15, 0.2) is 24.3 Å². The first-order valence-corrected chi connectivity index (χ1v) is 8.31. The maximum Gasteiger partial charge on any atom is 0.153 e. The van der Waals surface area contributed by atoms with Gasteiger partial charge in [-0.3, -0.25) is 9.69 Å². The maximum atomic E-state index is 13.1. The Balaban J connectivity index is 1.74. The molecule has 0 saturated heterocycles. The first-order valence-electron chi connectivity index (χ1n) is 8.31. The third kappa shape index (κ3) is 2.55. The number of carbonyl (C=O) groups excluding carboxylic acids is 1. The van der Waals surface area contributed by atoms with Gasteiger partial charge in [0.2, 0.25) is 0 Å². The highest BCUT2D eigenvalue weighted by molar-refractivity contribution is 5.89. The van der Waals surface area contributed by atoms with Gasteiger partial charge in [-0.2, -0.15) is 0 Å². The van der Waals surface area contributed by atoms with Crippen LogP contribution in [0.5, 0.6) is 0 Å². The highest BCUT2D eigenvalue weighted by atomic mass is 16.1. The van der Waals surface area contributed by atoms with Gasteiger partial charge in [-0.1, -0.05) is 44.0 Å². The smallest absolute Gasteiger partial charge is 0.153 e. The summed E-state index contributed by atoms with van der Waals surface area (Å²) in [6, 6.07) is 8.59. The number of rotatable bonds is 4. The van der Waals surface area contributed by atoms with Gasteiger partial charge in [0, 0.05) is 6.42 Å². The summed E-state index contributed by atoms with van der Waals surface area (Å²) in [5, 5.41) is 0. The van der Waals surface area contributed by atoms with Gasteiger partial charge in [0.05, 0.1) is 5.54 Å². The molecule has 2 heteroatoms. The van der Waals surface area contributed by atoms with Crippen molar-refractivity contribution in [3.63, 3.8) is 0 Å². The number of hydrogen-bond acceptors (Lipinski definition) is 2. The van der Waals surface area contributed by atoms with Crippen LogP contribution in [0.4, 0.5) is 0 Å². The van der Waals surface area contributed by atoms with E-state index in [1.165, 1.54) is 24.0 Å². The number of hydrogen-bond donors (Lipinski definition) is 0. The average Bonchev–Trinajstić information content (AvgIpc) is 2.44. The molecular weight excluding hydrogens is 258 g/mol. The van der Waals surface area contributed by atoms with Crippen molar-refractivity contribution in [3.8, 4) is 0 Å². The van der Waals surface area contributed by atoms with Crippen molar-refractivity contribution in [1.29, 1.82) is 0 Å². The molecule has 3 unspecified atom stereocenters. The standard InChI is InChI=1S/C19H27NO/c1-14-7-6-10-19(13-14,20(2)3)18(21)12-16-11-15-8-4-5-9-17(15)16/h4-5,8-9,14,16H,6-7,10-13H2,1-3H3. The molecule has 0 amide bonds. The number of nitrogens with zero attached hydrogens (tertiary/aromatic N) is 1. The van der Waals surface area contributed by atoms with E-state index in [4.69, 9.17) is 0 Å². The molecule has 1 aromatic rings. The van der Waals surface area contributed by atoms with E-state index in [2.05, 4.69) is 50.2 Å². The Morgan fingerprint density at radius 3 is 2.76 bits per heavy atom. The zero-order valence-electron chi connectivity index (χ0n) is 13.6. The van der Waals surface area contributed by atoms with Crippen molar-refractivity contribution >= 4 is 5.78 Å². The predicted molar refractivity (Wildman–Crippen MR) is 86.6 cm³/mol. The summed E-state index contributed by atoms with van der Waals surface area (Å²) in [5.41, 5.74) is 2.64. The van der Waals surface area contributed by atoms with Gasteiger partial charge in [0.15, 0.2) is 5.78 Å². The summed E-state index contributed by atoms with van der Waals surface area (Å²) in [7, 11) is 4.18. The maximum absolute atomic E-state index is 13.1. The van der Waals surface area contributed by atoms with Crippen molar-refractivity contribution in [2.75, 3.05) is 14.1 Å². The molecular formula is C19H27NO. The van der Waals surface area contributed by atoms with Gasteiger partial charge in [-0.15, -0.1) is 0 Å². The molecule has 0 heterocycles. The van der Waals surface area contributed by atoms with E-state index in [1.807, 2.05) is 0 Å². The molecule has 2 aliphatic rings. The topological polar surface area (TPSA) is 20.3 Å². The molecule has 1 saturated carbocycles. The van der Waals surface area contributed by atoms with Crippen molar-refractivity contribution in [2.45, 2.75) is 56.9 Å².